The van der Waals surface area contributed by atoms with Crippen LogP contribution in [0.25, 0.3) is 22.8 Å². The number of hydrogen-bond donors (Lipinski definition) is 1. The van der Waals surface area contributed by atoms with Crippen LogP contribution in [0.1, 0.15) is 16.9 Å². The van der Waals surface area contributed by atoms with Crippen molar-refractivity contribution in [2.45, 2.75) is 19.9 Å². The molecule has 2 amide bonds. The SMILES string of the molecule is Cc1ccc(-c2noc(-c3ccc(NC(=O)C4CC(=O)N(Cc5cccs5)C4)cc3)n2)cc1. The molecule has 5 rings (SSSR count). The summed E-state index contributed by atoms with van der Waals surface area (Å²) in [6, 6.07) is 19.1. The molecule has 1 unspecified atom stereocenters. The van der Waals surface area contributed by atoms with Crippen molar-refractivity contribution < 1.29 is 14.1 Å². The highest BCUT2D eigenvalue weighted by Crippen LogP contribution is 2.26. The molecule has 2 aromatic carbocycles. The van der Waals surface area contributed by atoms with Gasteiger partial charge in [0.2, 0.25) is 17.6 Å². The van der Waals surface area contributed by atoms with E-state index in [9.17, 15) is 9.59 Å². The topological polar surface area (TPSA) is 88.3 Å². The fourth-order valence-electron chi connectivity index (χ4n) is 3.79. The summed E-state index contributed by atoms with van der Waals surface area (Å²) >= 11 is 1.61. The van der Waals surface area contributed by atoms with Crippen molar-refractivity contribution in [2.24, 2.45) is 5.92 Å². The molecule has 1 aliphatic heterocycles. The molecule has 4 aromatic rings. The Morgan fingerprint density at radius 1 is 1.12 bits per heavy atom. The first-order valence-electron chi connectivity index (χ1n) is 10.7. The van der Waals surface area contributed by atoms with Crippen LogP contribution in [-0.4, -0.2) is 33.4 Å². The summed E-state index contributed by atoms with van der Waals surface area (Å²) in [5, 5.41) is 8.97. The molecule has 1 fully saturated rings. The zero-order chi connectivity index (χ0) is 22.8. The van der Waals surface area contributed by atoms with E-state index in [1.54, 1.807) is 28.4 Å². The maximum Gasteiger partial charge on any atom is 0.258 e. The highest BCUT2D eigenvalue weighted by atomic mass is 32.1. The summed E-state index contributed by atoms with van der Waals surface area (Å²) in [6.45, 7) is 3.02. The number of carbonyl (C=O) groups is 2. The molecular weight excluding hydrogens is 436 g/mol. The predicted octanol–water partition coefficient (Wildman–Crippen LogP) is 4.76. The van der Waals surface area contributed by atoms with Gasteiger partial charge in [-0.2, -0.15) is 4.98 Å². The van der Waals surface area contributed by atoms with Gasteiger partial charge in [0.05, 0.1) is 12.5 Å². The third-order valence-corrected chi connectivity index (χ3v) is 6.51. The molecule has 1 saturated heterocycles. The highest BCUT2D eigenvalue weighted by Gasteiger charge is 2.34. The Morgan fingerprint density at radius 2 is 1.88 bits per heavy atom. The Bertz CT molecular complexity index is 1260. The molecule has 0 spiro atoms. The number of aromatic nitrogens is 2. The fourth-order valence-corrected chi connectivity index (χ4v) is 4.51. The normalized spacial score (nSPS) is 15.7. The number of thiophene rings is 1. The molecule has 2 aromatic heterocycles. The van der Waals surface area contributed by atoms with Gasteiger partial charge in [-0.3, -0.25) is 9.59 Å². The smallest absolute Gasteiger partial charge is 0.258 e. The molecule has 7 nitrogen and oxygen atoms in total. The molecule has 0 bridgehead atoms. The van der Waals surface area contributed by atoms with Crippen molar-refractivity contribution in [2.75, 3.05) is 11.9 Å². The van der Waals surface area contributed by atoms with E-state index in [2.05, 4.69) is 15.5 Å². The quantitative estimate of drug-likeness (QED) is 0.450. The predicted molar refractivity (Wildman–Crippen MR) is 126 cm³/mol. The standard InChI is InChI=1S/C25H22N4O3S/c1-16-4-6-17(7-5-16)23-27-25(32-28-23)18-8-10-20(11-9-18)26-24(31)19-13-22(30)29(14-19)15-21-3-2-12-33-21/h2-12,19H,13-15H2,1H3,(H,26,31). The molecule has 0 aliphatic carbocycles. The molecular formula is C25H22N4O3S. The van der Waals surface area contributed by atoms with Gasteiger partial charge in [-0.05, 0) is 42.6 Å². The van der Waals surface area contributed by atoms with E-state index in [0.29, 0.717) is 30.5 Å². The third kappa shape index (κ3) is 4.70. The molecule has 33 heavy (non-hydrogen) atoms. The first kappa shape index (κ1) is 21.1. The second-order valence-electron chi connectivity index (χ2n) is 8.11. The lowest BCUT2D eigenvalue weighted by Gasteiger charge is -2.15. The van der Waals surface area contributed by atoms with Crippen molar-refractivity contribution in [3.63, 3.8) is 0 Å². The Balaban J connectivity index is 1.21. The van der Waals surface area contributed by atoms with Gasteiger partial charge in [-0.25, -0.2) is 0 Å². The van der Waals surface area contributed by atoms with Crippen LogP contribution in [0, 0.1) is 12.8 Å². The summed E-state index contributed by atoms with van der Waals surface area (Å²) < 4.78 is 5.41. The number of carbonyl (C=O) groups excluding carboxylic acids is 2. The highest BCUT2D eigenvalue weighted by molar-refractivity contribution is 7.09. The molecule has 1 atom stereocenters. The van der Waals surface area contributed by atoms with Crippen molar-refractivity contribution >= 4 is 28.8 Å². The van der Waals surface area contributed by atoms with Gasteiger partial charge in [0, 0.05) is 34.7 Å². The van der Waals surface area contributed by atoms with Crippen LogP contribution < -0.4 is 5.32 Å². The van der Waals surface area contributed by atoms with Crippen LogP contribution in [0.15, 0.2) is 70.6 Å². The maximum atomic E-state index is 12.7. The summed E-state index contributed by atoms with van der Waals surface area (Å²) in [5.74, 6) is 0.448. The molecule has 8 heteroatoms. The second-order valence-corrected chi connectivity index (χ2v) is 9.14. The van der Waals surface area contributed by atoms with Crippen LogP contribution in [0.3, 0.4) is 0 Å². The van der Waals surface area contributed by atoms with Gasteiger partial charge in [-0.1, -0.05) is 41.1 Å². The van der Waals surface area contributed by atoms with E-state index in [0.717, 1.165) is 21.6 Å². The molecule has 1 aliphatic rings. The summed E-state index contributed by atoms with van der Waals surface area (Å²) in [7, 11) is 0. The van der Waals surface area contributed by atoms with Crippen LogP contribution in [0.2, 0.25) is 0 Å². The Labute approximate surface area is 195 Å². The van der Waals surface area contributed by atoms with Gasteiger partial charge < -0.3 is 14.7 Å². The lowest BCUT2D eigenvalue weighted by Crippen LogP contribution is -2.27. The Hall–Kier alpha value is -3.78. The zero-order valence-electron chi connectivity index (χ0n) is 18.0. The summed E-state index contributed by atoms with van der Waals surface area (Å²) in [5.41, 5.74) is 3.47. The monoisotopic (exact) mass is 458 g/mol. The van der Waals surface area contributed by atoms with E-state index in [4.69, 9.17) is 4.52 Å². The average Bonchev–Trinajstić information content (AvgIpc) is 3.58. The minimum Gasteiger partial charge on any atom is -0.337 e. The molecule has 0 saturated carbocycles. The van der Waals surface area contributed by atoms with E-state index < -0.39 is 0 Å². The van der Waals surface area contributed by atoms with Gasteiger partial charge >= 0.3 is 0 Å². The van der Waals surface area contributed by atoms with Crippen LogP contribution in [0.5, 0.6) is 0 Å². The lowest BCUT2D eigenvalue weighted by atomic mass is 10.1. The first-order valence-corrected chi connectivity index (χ1v) is 11.6. The first-order chi connectivity index (χ1) is 16.0. The molecule has 3 heterocycles. The number of nitrogens with zero attached hydrogens (tertiary/aromatic N) is 3. The van der Waals surface area contributed by atoms with Gasteiger partial charge in [0.1, 0.15) is 0 Å². The van der Waals surface area contributed by atoms with Crippen LogP contribution in [-0.2, 0) is 16.1 Å². The van der Waals surface area contributed by atoms with Crippen LogP contribution >= 0.6 is 11.3 Å². The Kier molecular flexibility index (Phi) is 5.75. The van der Waals surface area contributed by atoms with Crippen molar-refractivity contribution in [1.29, 1.82) is 0 Å². The average molecular weight is 459 g/mol. The molecule has 1 N–H and O–H groups in total. The van der Waals surface area contributed by atoms with Crippen LogP contribution in [0.4, 0.5) is 5.69 Å². The lowest BCUT2D eigenvalue weighted by molar-refractivity contribution is -0.128. The number of benzene rings is 2. The number of nitrogens with one attached hydrogen (secondary N) is 1. The van der Waals surface area contributed by atoms with E-state index >= 15 is 0 Å². The third-order valence-electron chi connectivity index (χ3n) is 5.65. The molecule has 166 valence electrons. The fraction of sp³-hybridized carbons (Fsp3) is 0.200. The summed E-state index contributed by atoms with van der Waals surface area (Å²) in [4.78, 5) is 32.4. The number of aryl methyl sites for hydroxylation is 1. The number of hydrogen-bond acceptors (Lipinski definition) is 6. The maximum absolute atomic E-state index is 12.7. The van der Waals surface area contributed by atoms with Gasteiger partial charge in [-0.15, -0.1) is 11.3 Å². The number of likely N-dealkylation sites (tertiary alicyclic amines) is 1. The zero-order valence-corrected chi connectivity index (χ0v) is 18.8. The van der Waals surface area contributed by atoms with Crippen molar-refractivity contribution in [3.05, 3.63) is 76.5 Å². The van der Waals surface area contributed by atoms with E-state index in [-0.39, 0.29) is 24.2 Å². The minimum atomic E-state index is -0.356. The summed E-state index contributed by atoms with van der Waals surface area (Å²) in [6.07, 6.45) is 0.235. The van der Waals surface area contributed by atoms with Gasteiger partial charge in [0.25, 0.3) is 5.89 Å². The number of rotatable bonds is 6. The molecule has 0 radical (unpaired) electrons. The van der Waals surface area contributed by atoms with E-state index in [1.165, 1.54) is 0 Å². The Morgan fingerprint density at radius 3 is 2.61 bits per heavy atom. The van der Waals surface area contributed by atoms with E-state index in [1.807, 2.05) is 60.8 Å². The number of amides is 2. The second kappa shape index (κ2) is 8.99. The minimum absolute atomic E-state index is 0.0136. The van der Waals surface area contributed by atoms with Gasteiger partial charge in [0.15, 0.2) is 0 Å². The number of anilines is 1. The largest absolute Gasteiger partial charge is 0.337 e. The van der Waals surface area contributed by atoms with Crippen molar-refractivity contribution in [1.82, 2.24) is 15.0 Å². The van der Waals surface area contributed by atoms with Crippen molar-refractivity contribution in [3.8, 4) is 22.8 Å².